The number of rotatable bonds is 0. The predicted octanol–water partition coefficient (Wildman–Crippen LogP) is 16.2. The highest BCUT2D eigenvalue weighted by Gasteiger charge is 2.15. The van der Waals surface area contributed by atoms with Crippen molar-refractivity contribution in [1.29, 1.82) is 0 Å². The van der Waals surface area contributed by atoms with E-state index in [2.05, 4.69) is 121 Å². The molecule has 0 saturated heterocycles. The van der Waals surface area contributed by atoms with Gasteiger partial charge in [-0.05, 0) is 61.0 Å². The Hall–Kier alpha value is -4.68. The van der Waals surface area contributed by atoms with Crippen LogP contribution in [0, 0.1) is 0 Å². The zero-order valence-corrected chi connectivity index (χ0v) is 32.7. The smallest absolute Gasteiger partial charge is 0.00135 e. The highest BCUT2D eigenvalue weighted by Crippen LogP contribution is 2.36. The molecule has 0 unspecified atom stereocenters. The molecule has 0 heterocycles. The molecule has 8 rings (SSSR count). The second kappa shape index (κ2) is 28.3. The first-order valence-electron chi connectivity index (χ1n) is 18.8. The molecule has 0 spiro atoms. The monoisotopic (exact) mass is 653 g/mol. The maximum absolute atomic E-state index is 2.22. The van der Waals surface area contributed by atoms with E-state index in [-0.39, 0.29) is 0 Å². The Morgan fingerprint density at radius 1 is 0.224 bits per heavy atom. The summed E-state index contributed by atoms with van der Waals surface area (Å²) in [4.78, 5) is 0. The van der Waals surface area contributed by atoms with Crippen LogP contribution in [0.1, 0.15) is 94.2 Å². The molecule has 260 valence electrons. The van der Waals surface area contributed by atoms with Crippen LogP contribution in [0.3, 0.4) is 0 Å². The fourth-order valence-corrected chi connectivity index (χ4v) is 5.32. The van der Waals surface area contributed by atoms with Crippen LogP contribution in [-0.2, 0) is 6.42 Å². The van der Waals surface area contributed by atoms with Crippen molar-refractivity contribution in [2.24, 2.45) is 0 Å². The Balaban J connectivity index is 0.000000653. The molecule has 0 radical (unpaired) electrons. The largest absolute Gasteiger partial charge is 0.0683 e. The van der Waals surface area contributed by atoms with Gasteiger partial charge in [-0.2, -0.15) is 0 Å². The third-order valence-electron chi connectivity index (χ3n) is 7.02. The average Bonchev–Trinajstić information content (AvgIpc) is 3.63. The summed E-state index contributed by atoms with van der Waals surface area (Å²) in [6.07, 6.45) is 1.10. The number of benzene rings is 7. The summed E-state index contributed by atoms with van der Waals surface area (Å²) in [5.41, 5.74) is 5.75. The number of hydrogen-bond acceptors (Lipinski definition) is 0. The molecule has 0 bridgehead atoms. The molecular formula is C49H64. The molecule has 1 aliphatic rings. The molecule has 0 fully saturated rings. The van der Waals surface area contributed by atoms with Gasteiger partial charge in [0.05, 0.1) is 0 Å². The average molecular weight is 653 g/mol. The lowest BCUT2D eigenvalue weighted by Gasteiger charge is -2.09. The van der Waals surface area contributed by atoms with Gasteiger partial charge in [0.15, 0.2) is 0 Å². The summed E-state index contributed by atoms with van der Waals surface area (Å²) in [7, 11) is 0. The first-order chi connectivity index (χ1) is 24.4. The zero-order chi connectivity index (χ0) is 36.9. The van der Waals surface area contributed by atoms with E-state index in [1.165, 1.54) is 54.6 Å². The lowest BCUT2D eigenvalue weighted by Crippen LogP contribution is -1.81. The topological polar surface area (TPSA) is 0 Å². The van der Waals surface area contributed by atoms with Crippen molar-refractivity contribution in [2.75, 3.05) is 0 Å². The molecule has 0 nitrogen and oxygen atoms in total. The summed E-state index contributed by atoms with van der Waals surface area (Å²) in [6, 6.07) is 55.3. The molecule has 0 heteroatoms. The van der Waals surface area contributed by atoms with Gasteiger partial charge in [-0.15, -0.1) is 0 Å². The molecule has 0 atom stereocenters. The van der Waals surface area contributed by atoms with Crippen LogP contribution in [0.25, 0.3) is 43.4 Å². The first-order valence-corrected chi connectivity index (χ1v) is 18.8. The molecular weight excluding hydrogens is 589 g/mol. The summed E-state index contributed by atoms with van der Waals surface area (Å²) >= 11 is 0. The minimum atomic E-state index is 1.10. The standard InChI is InChI=1S/C18H12.C13H10.C6H6.6C2H6/c1-2-8-14-13(7-1)15-9-3-4-11-17(15)18-12-6-5-10-16(14)18;1-3-7-12-10(5-1)9-11-6-2-4-8-13(11)12;1-2-4-6-5-3-1;6*1-2/h1-12H;1-8H,9H2;1-6H;6*1-2H3. The van der Waals surface area contributed by atoms with Gasteiger partial charge in [0.1, 0.15) is 0 Å². The van der Waals surface area contributed by atoms with Crippen LogP contribution in [0.4, 0.5) is 0 Å². The van der Waals surface area contributed by atoms with Gasteiger partial charge < -0.3 is 0 Å². The molecule has 0 aromatic heterocycles. The predicted molar refractivity (Wildman–Crippen MR) is 228 cm³/mol. The summed E-state index contributed by atoms with van der Waals surface area (Å²) < 4.78 is 0. The van der Waals surface area contributed by atoms with Crippen LogP contribution < -0.4 is 0 Å². The van der Waals surface area contributed by atoms with Gasteiger partial charge in [0.25, 0.3) is 0 Å². The highest BCUT2D eigenvalue weighted by atomic mass is 14.2. The molecule has 0 amide bonds. The van der Waals surface area contributed by atoms with Gasteiger partial charge in [-0.3, -0.25) is 0 Å². The van der Waals surface area contributed by atoms with E-state index in [9.17, 15) is 0 Å². The summed E-state index contributed by atoms with van der Waals surface area (Å²) in [6.45, 7) is 24.0. The molecule has 7 aromatic carbocycles. The molecule has 0 saturated carbocycles. The van der Waals surface area contributed by atoms with Gasteiger partial charge in [0, 0.05) is 0 Å². The van der Waals surface area contributed by atoms with Crippen LogP contribution >= 0.6 is 0 Å². The minimum absolute atomic E-state index is 1.10. The van der Waals surface area contributed by atoms with E-state index in [0.29, 0.717) is 0 Å². The van der Waals surface area contributed by atoms with Gasteiger partial charge in [-0.1, -0.05) is 241 Å². The third kappa shape index (κ3) is 12.7. The lowest BCUT2D eigenvalue weighted by molar-refractivity contribution is 1.26. The number of hydrogen-bond donors (Lipinski definition) is 0. The zero-order valence-electron chi connectivity index (χ0n) is 32.7. The maximum Gasteiger partial charge on any atom is -0.00135 e. The van der Waals surface area contributed by atoms with Crippen LogP contribution in [0.5, 0.6) is 0 Å². The maximum atomic E-state index is 2.22. The quantitative estimate of drug-likeness (QED) is 0.143. The lowest BCUT2D eigenvalue weighted by atomic mass is 9.95. The molecule has 7 aromatic rings. The van der Waals surface area contributed by atoms with Gasteiger partial charge in [-0.25, -0.2) is 0 Å². The second-order valence-corrected chi connectivity index (χ2v) is 9.28. The SMILES string of the molecule is CC.CC.CC.CC.CC.CC.c1ccc2c(c1)Cc1ccccc1-2.c1ccc2c(c1)c1ccccc1c1ccccc21.c1ccccc1. The Kier molecular flexibility index (Phi) is 25.6. The van der Waals surface area contributed by atoms with E-state index in [1.54, 1.807) is 0 Å². The van der Waals surface area contributed by atoms with Crippen molar-refractivity contribution in [3.63, 3.8) is 0 Å². The van der Waals surface area contributed by atoms with Crippen molar-refractivity contribution in [3.8, 4) is 11.1 Å². The molecule has 1 aliphatic carbocycles. The summed E-state index contributed by atoms with van der Waals surface area (Å²) in [5, 5.41) is 8.04. The van der Waals surface area contributed by atoms with E-state index in [4.69, 9.17) is 0 Å². The normalized spacial score (nSPS) is 9.14. The van der Waals surface area contributed by atoms with Crippen LogP contribution in [0.15, 0.2) is 158 Å². The third-order valence-corrected chi connectivity index (χ3v) is 7.02. The fraction of sp³-hybridized carbons (Fsp3) is 0.265. The van der Waals surface area contributed by atoms with Crippen LogP contribution in [0.2, 0.25) is 0 Å². The van der Waals surface area contributed by atoms with E-state index in [1.807, 2.05) is 119 Å². The van der Waals surface area contributed by atoms with Crippen molar-refractivity contribution < 1.29 is 0 Å². The fourth-order valence-electron chi connectivity index (χ4n) is 5.32. The number of fused-ring (bicyclic) bond motifs is 9. The van der Waals surface area contributed by atoms with Gasteiger partial charge in [0.2, 0.25) is 0 Å². The van der Waals surface area contributed by atoms with Crippen molar-refractivity contribution in [1.82, 2.24) is 0 Å². The first kappa shape index (κ1) is 44.3. The Morgan fingerprint density at radius 3 is 0.633 bits per heavy atom. The highest BCUT2D eigenvalue weighted by molar-refractivity contribution is 6.25. The minimum Gasteiger partial charge on any atom is -0.0683 e. The van der Waals surface area contributed by atoms with Crippen LogP contribution in [-0.4, -0.2) is 0 Å². The Labute approximate surface area is 300 Å². The molecule has 49 heavy (non-hydrogen) atoms. The Morgan fingerprint density at radius 2 is 0.408 bits per heavy atom. The summed E-state index contributed by atoms with van der Waals surface area (Å²) in [5.74, 6) is 0. The van der Waals surface area contributed by atoms with E-state index < -0.39 is 0 Å². The van der Waals surface area contributed by atoms with E-state index in [0.717, 1.165) is 6.42 Å². The van der Waals surface area contributed by atoms with Gasteiger partial charge >= 0.3 is 0 Å². The molecule has 0 N–H and O–H groups in total. The van der Waals surface area contributed by atoms with Crippen molar-refractivity contribution in [2.45, 2.75) is 89.5 Å². The van der Waals surface area contributed by atoms with Crippen molar-refractivity contribution in [3.05, 3.63) is 169 Å². The molecule has 0 aliphatic heterocycles. The van der Waals surface area contributed by atoms with E-state index >= 15 is 0 Å². The Bertz CT molecular complexity index is 1500. The second-order valence-electron chi connectivity index (χ2n) is 9.28. The van der Waals surface area contributed by atoms with Crippen molar-refractivity contribution >= 4 is 32.3 Å².